The molecule has 0 aliphatic carbocycles. The summed E-state index contributed by atoms with van der Waals surface area (Å²) in [5.74, 6) is 0. The molecule has 0 saturated carbocycles. The molecule has 0 radical (unpaired) electrons. The number of aliphatic hydroxyl groups is 1. The minimum atomic E-state index is -1.22. The fraction of sp³-hybridized carbons (Fsp3) is 0.291. The third-order valence-corrected chi connectivity index (χ3v) is 11.4. The van der Waals surface area contributed by atoms with Crippen molar-refractivity contribution in [2.24, 2.45) is 0 Å². The van der Waals surface area contributed by atoms with Gasteiger partial charge in [0.05, 0.1) is 59.1 Å². The average Bonchev–Trinajstić information content (AvgIpc) is 3.92. The Morgan fingerprint density at radius 1 is 0.485 bits per heavy atom. The van der Waals surface area contributed by atoms with Gasteiger partial charge in [-0.05, 0) is 33.4 Å². The molecule has 8 rings (SSSR count). The molecule has 11 heteroatoms. The van der Waals surface area contributed by atoms with Crippen LogP contribution < -0.4 is 0 Å². The Labute approximate surface area is 387 Å². The second-order valence-corrected chi connectivity index (χ2v) is 16.2. The maximum absolute atomic E-state index is 12.4. The topological polar surface area (TPSA) is 123 Å². The van der Waals surface area contributed by atoms with Crippen LogP contribution in [0, 0.1) is 0 Å². The maximum Gasteiger partial charge on any atom is 0.187 e. The summed E-state index contributed by atoms with van der Waals surface area (Å²) in [6, 6.07) is 59.6. The van der Waals surface area contributed by atoms with Gasteiger partial charge in [0.1, 0.15) is 42.7 Å². The van der Waals surface area contributed by atoms with Crippen LogP contribution in [0.4, 0.5) is 0 Å². The molecule has 0 unspecified atom stereocenters. The molecule has 2 heterocycles. The minimum absolute atomic E-state index is 0.159. The first-order valence-electron chi connectivity index (χ1n) is 22.5. The van der Waals surface area contributed by atoms with E-state index in [-0.39, 0.29) is 39.6 Å². The molecule has 0 amide bonds. The molecule has 1 aliphatic rings. The molecule has 2 N–H and O–H groups in total. The van der Waals surface area contributed by atoms with Crippen molar-refractivity contribution in [1.82, 2.24) is 10.2 Å². The van der Waals surface area contributed by atoms with Gasteiger partial charge in [0.25, 0.3) is 0 Å². The van der Waals surface area contributed by atoms with Crippen LogP contribution in [0.3, 0.4) is 0 Å². The SMILES string of the molecule is O[C@H](CO[C@H]1O[C@H](COCc2ccccc2)[C@H](OCc2ccccc2)[C@H](OCc2ccccc2)[C@H]1OCc1ccccc1)[C@H](OCc1ccccc1)[C@H](OCc1ccccc1)c1cn[nH]c1. The highest BCUT2D eigenvalue weighted by Crippen LogP contribution is 2.33. The number of ether oxygens (including phenoxy) is 8. The first-order chi connectivity index (χ1) is 32.7. The minimum Gasteiger partial charge on any atom is -0.388 e. The first kappa shape index (κ1) is 46.7. The molecule has 342 valence electrons. The number of aromatic amines is 1. The molecule has 66 heavy (non-hydrogen) atoms. The van der Waals surface area contributed by atoms with Crippen molar-refractivity contribution in [1.29, 1.82) is 0 Å². The van der Waals surface area contributed by atoms with Gasteiger partial charge in [-0.15, -0.1) is 0 Å². The Hall–Kier alpha value is -5.83. The van der Waals surface area contributed by atoms with Crippen LogP contribution in [0.25, 0.3) is 0 Å². The molecule has 8 atom stereocenters. The second kappa shape index (κ2) is 25.2. The van der Waals surface area contributed by atoms with E-state index in [9.17, 15) is 5.11 Å². The van der Waals surface area contributed by atoms with Gasteiger partial charge in [0, 0.05) is 11.8 Å². The number of hydrogen-bond donors (Lipinski definition) is 2. The Balaban J connectivity index is 1.10. The van der Waals surface area contributed by atoms with Gasteiger partial charge >= 0.3 is 0 Å². The van der Waals surface area contributed by atoms with Crippen LogP contribution in [0.15, 0.2) is 194 Å². The number of nitrogens with zero attached hydrogens (tertiary/aromatic N) is 1. The Morgan fingerprint density at radius 3 is 1.38 bits per heavy atom. The Bertz CT molecular complexity index is 2350. The number of aromatic nitrogens is 2. The van der Waals surface area contributed by atoms with E-state index in [2.05, 4.69) is 10.2 Å². The van der Waals surface area contributed by atoms with Crippen molar-refractivity contribution in [3.63, 3.8) is 0 Å². The number of rotatable bonds is 25. The summed E-state index contributed by atoms with van der Waals surface area (Å²) in [5, 5.41) is 19.5. The first-order valence-corrected chi connectivity index (χ1v) is 22.5. The van der Waals surface area contributed by atoms with Crippen LogP contribution in [0.2, 0.25) is 0 Å². The van der Waals surface area contributed by atoms with Gasteiger partial charge in [0.15, 0.2) is 6.29 Å². The maximum atomic E-state index is 12.4. The molecule has 7 aromatic rings. The highest BCUT2D eigenvalue weighted by molar-refractivity contribution is 5.19. The molecule has 0 spiro atoms. The van der Waals surface area contributed by atoms with E-state index in [1.165, 1.54) is 0 Å². The van der Waals surface area contributed by atoms with E-state index in [0.29, 0.717) is 18.8 Å². The smallest absolute Gasteiger partial charge is 0.187 e. The summed E-state index contributed by atoms with van der Waals surface area (Å²) in [6.45, 7) is 1.60. The summed E-state index contributed by atoms with van der Waals surface area (Å²) in [7, 11) is 0. The fourth-order valence-corrected chi connectivity index (χ4v) is 7.89. The van der Waals surface area contributed by atoms with Crippen LogP contribution in [-0.2, 0) is 77.5 Å². The summed E-state index contributed by atoms with van der Waals surface area (Å²) in [5.41, 5.74) is 6.58. The molecule has 0 bridgehead atoms. The number of nitrogens with one attached hydrogen (secondary N) is 1. The van der Waals surface area contributed by atoms with Crippen molar-refractivity contribution in [2.45, 2.75) is 88.7 Å². The van der Waals surface area contributed by atoms with Gasteiger partial charge < -0.3 is 43.0 Å². The molecule has 1 aromatic heterocycles. The Kier molecular flexibility index (Phi) is 17.8. The predicted octanol–water partition coefficient (Wildman–Crippen LogP) is 9.33. The molecule has 1 fully saturated rings. The van der Waals surface area contributed by atoms with E-state index in [1.54, 1.807) is 12.4 Å². The van der Waals surface area contributed by atoms with Gasteiger partial charge in [-0.2, -0.15) is 5.10 Å². The van der Waals surface area contributed by atoms with E-state index in [1.807, 2.05) is 182 Å². The highest BCUT2D eigenvalue weighted by atomic mass is 16.7. The van der Waals surface area contributed by atoms with Gasteiger partial charge in [0.2, 0.25) is 0 Å². The predicted molar refractivity (Wildman–Crippen MR) is 249 cm³/mol. The van der Waals surface area contributed by atoms with E-state index < -0.39 is 49.0 Å². The lowest BCUT2D eigenvalue weighted by Crippen LogP contribution is -2.62. The van der Waals surface area contributed by atoms with Crippen LogP contribution >= 0.6 is 0 Å². The highest BCUT2D eigenvalue weighted by Gasteiger charge is 2.49. The van der Waals surface area contributed by atoms with Crippen LogP contribution in [0.5, 0.6) is 0 Å². The molecule has 1 aliphatic heterocycles. The lowest BCUT2D eigenvalue weighted by Gasteiger charge is -2.46. The molecular weight excluding hydrogens is 833 g/mol. The molecular formula is C55H58N2O9. The van der Waals surface area contributed by atoms with Crippen molar-refractivity contribution in [3.05, 3.63) is 233 Å². The number of hydrogen-bond acceptors (Lipinski definition) is 10. The number of aliphatic hydroxyl groups excluding tert-OH is 1. The largest absolute Gasteiger partial charge is 0.388 e. The van der Waals surface area contributed by atoms with Crippen molar-refractivity contribution < 1.29 is 43.0 Å². The van der Waals surface area contributed by atoms with Crippen LogP contribution in [-0.4, -0.2) is 71.4 Å². The quantitative estimate of drug-likeness (QED) is 0.0574. The van der Waals surface area contributed by atoms with Gasteiger partial charge in [-0.25, -0.2) is 0 Å². The standard InChI is InChI=1S/C55H58N2O9/c58-48(51(61-35-43-23-11-3-12-24-43)50(47-31-56-57-32-47)60-34-42-21-9-2-10-22-42)39-65-55-54(64-38-46-29-17-6-18-30-46)53(63-37-45-27-15-5-16-28-45)52(62-36-44-25-13-4-14-26-44)49(66-55)40-59-33-41-19-7-1-8-20-41/h1-32,48-55,58H,33-40H2,(H,56,57)/t48-,49-,50-,51+,52+,53+,54-,55+/m1/s1. The zero-order valence-electron chi connectivity index (χ0n) is 36.9. The Morgan fingerprint density at radius 2 is 0.909 bits per heavy atom. The van der Waals surface area contributed by atoms with Crippen LogP contribution in [0.1, 0.15) is 45.0 Å². The monoisotopic (exact) mass is 890 g/mol. The average molecular weight is 891 g/mol. The van der Waals surface area contributed by atoms with Crippen molar-refractivity contribution in [2.75, 3.05) is 13.2 Å². The van der Waals surface area contributed by atoms with E-state index in [0.717, 1.165) is 33.4 Å². The normalized spacial score (nSPS) is 19.8. The van der Waals surface area contributed by atoms with Gasteiger partial charge in [-0.3, -0.25) is 5.10 Å². The molecule has 6 aromatic carbocycles. The third-order valence-electron chi connectivity index (χ3n) is 11.4. The summed E-state index contributed by atoms with van der Waals surface area (Å²) < 4.78 is 53.9. The summed E-state index contributed by atoms with van der Waals surface area (Å²) >= 11 is 0. The third kappa shape index (κ3) is 13.8. The lowest BCUT2D eigenvalue weighted by molar-refractivity contribution is -0.332. The molecule has 1 saturated heterocycles. The molecule has 11 nitrogen and oxygen atoms in total. The van der Waals surface area contributed by atoms with E-state index in [4.69, 9.17) is 37.9 Å². The number of H-pyrrole nitrogens is 1. The second-order valence-electron chi connectivity index (χ2n) is 16.2. The van der Waals surface area contributed by atoms with Crippen molar-refractivity contribution in [3.8, 4) is 0 Å². The van der Waals surface area contributed by atoms with Gasteiger partial charge in [-0.1, -0.05) is 182 Å². The summed E-state index contributed by atoms with van der Waals surface area (Å²) in [6.07, 6.45) is -3.33. The lowest BCUT2D eigenvalue weighted by atomic mass is 9.97. The zero-order chi connectivity index (χ0) is 45.0. The van der Waals surface area contributed by atoms with Crippen molar-refractivity contribution >= 4 is 0 Å². The summed E-state index contributed by atoms with van der Waals surface area (Å²) in [4.78, 5) is 0. The zero-order valence-corrected chi connectivity index (χ0v) is 36.9. The number of benzene rings is 6. The van der Waals surface area contributed by atoms with E-state index >= 15 is 0 Å². The fourth-order valence-electron chi connectivity index (χ4n) is 7.89.